The van der Waals surface area contributed by atoms with Crippen molar-refractivity contribution < 1.29 is 18.7 Å². The smallest absolute Gasteiger partial charge is 0.268 e. The Morgan fingerprint density at radius 1 is 1.21 bits per heavy atom. The van der Waals surface area contributed by atoms with Crippen LogP contribution in [0.1, 0.15) is 21.7 Å². The summed E-state index contributed by atoms with van der Waals surface area (Å²) in [5, 5.41) is 5.30. The highest BCUT2D eigenvalue weighted by molar-refractivity contribution is 6.05. The van der Waals surface area contributed by atoms with Crippen LogP contribution in [0.4, 0.5) is 0 Å². The van der Waals surface area contributed by atoms with E-state index in [0.29, 0.717) is 24.5 Å². The van der Waals surface area contributed by atoms with E-state index in [1.54, 1.807) is 31.4 Å². The van der Waals surface area contributed by atoms with Crippen molar-refractivity contribution in [1.82, 2.24) is 10.6 Å². The Morgan fingerprint density at radius 2 is 1.96 bits per heavy atom. The van der Waals surface area contributed by atoms with Gasteiger partial charge in [-0.15, -0.1) is 0 Å². The number of amides is 2. The van der Waals surface area contributed by atoms with Gasteiger partial charge in [-0.3, -0.25) is 9.59 Å². The first-order valence-electron chi connectivity index (χ1n) is 7.50. The van der Waals surface area contributed by atoms with Crippen LogP contribution in [0, 0.1) is 6.92 Å². The molecule has 1 aromatic carbocycles. The highest BCUT2D eigenvalue weighted by atomic mass is 16.5. The zero-order valence-corrected chi connectivity index (χ0v) is 13.7. The normalized spacial score (nSPS) is 11.2. The van der Waals surface area contributed by atoms with Crippen molar-refractivity contribution in [1.29, 1.82) is 0 Å². The average molecular weight is 328 g/mol. The van der Waals surface area contributed by atoms with Gasteiger partial charge in [-0.2, -0.15) is 0 Å². The fraction of sp³-hybridized carbons (Fsp3) is 0.222. The molecule has 6 heteroatoms. The average Bonchev–Trinajstić information content (AvgIpc) is 3.08. The number of furan rings is 1. The summed E-state index contributed by atoms with van der Waals surface area (Å²) in [5.74, 6) is -0.310. The van der Waals surface area contributed by atoms with E-state index in [1.807, 2.05) is 19.1 Å². The van der Waals surface area contributed by atoms with Gasteiger partial charge in [0, 0.05) is 25.3 Å². The molecule has 0 saturated heterocycles. The van der Waals surface area contributed by atoms with Gasteiger partial charge in [-0.25, -0.2) is 0 Å². The molecule has 0 unspecified atom stereocenters. The summed E-state index contributed by atoms with van der Waals surface area (Å²) in [6, 6.07) is 10.5. The minimum atomic E-state index is -0.413. The highest BCUT2D eigenvalue weighted by Gasteiger charge is 2.15. The zero-order valence-electron chi connectivity index (χ0n) is 13.7. The standard InChI is InChI=1S/C18H20N2O4/c1-13-5-7-14(8-6-13)17(21)20-16(12-15-4-3-10-24-15)18(22)19-9-11-23-2/h3-8,10,12H,9,11H2,1-2H3,(H,19,22)(H,20,21)/b16-12+. The van der Waals surface area contributed by atoms with Gasteiger partial charge in [-0.1, -0.05) is 17.7 Å². The lowest BCUT2D eigenvalue weighted by molar-refractivity contribution is -0.117. The highest BCUT2D eigenvalue weighted by Crippen LogP contribution is 2.08. The molecule has 0 saturated carbocycles. The van der Waals surface area contributed by atoms with Crippen molar-refractivity contribution in [3.05, 3.63) is 65.2 Å². The van der Waals surface area contributed by atoms with E-state index < -0.39 is 5.91 Å². The molecule has 24 heavy (non-hydrogen) atoms. The van der Waals surface area contributed by atoms with Crippen LogP contribution in [-0.4, -0.2) is 32.1 Å². The Bertz CT molecular complexity index is 703. The fourth-order valence-electron chi connectivity index (χ4n) is 1.94. The van der Waals surface area contributed by atoms with E-state index in [1.165, 1.54) is 12.3 Å². The maximum Gasteiger partial charge on any atom is 0.268 e. The monoisotopic (exact) mass is 328 g/mol. The largest absolute Gasteiger partial charge is 0.465 e. The van der Waals surface area contributed by atoms with E-state index >= 15 is 0 Å². The van der Waals surface area contributed by atoms with Crippen LogP contribution in [-0.2, 0) is 9.53 Å². The van der Waals surface area contributed by atoms with E-state index in [2.05, 4.69) is 10.6 Å². The minimum Gasteiger partial charge on any atom is -0.465 e. The van der Waals surface area contributed by atoms with Gasteiger partial charge in [0.15, 0.2) is 0 Å². The molecule has 0 atom stereocenters. The van der Waals surface area contributed by atoms with Crippen LogP contribution in [0.15, 0.2) is 52.8 Å². The maximum absolute atomic E-state index is 12.3. The summed E-state index contributed by atoms with van der Waals surface area (Å²) in [7, 11) is 1.55. The first kappa shape index (κ1) is 17.5. The van der Waals surface area contributed by atoms with Crippen molar-refractivity contribution in [3.8, 4) is 0 Å². The quantitative estimate of drug-likeness (QED) is 0.603. The number of hydrogen-bond acceptors (Lipinski definition) is 4. The van der Waals surface area contributed by atoms with Gasteiger partial charge < -0.3 is 19.8 Å². The number of carbonyl (C=O) groups excluding carboxylic acids is 2. The third-order valence-corrected chi connectivity index (χ3v) is 3.23. The number of ether oxygens (including phenoxy) is 1. The number of benzene rings is 1. The molecule has 0 spiro atoms. The predicted molar refractivity (Wildman–Crippen MR) is 90.2 cm³/mol. The van der Waals surface area contributed by atoms with Gasteiger partial charge in [0.05, 0.1) is 12.9 Å². The lowest BCUT2D eigenvalue weighted by Crippen LogP contribution is -2.36. The lowest BCUT2D eigenvalue weighted by atomic mass is 10.1. The van der Waals surface area contributed by atoms with Gasteiger partial charge >= 0.3 is 0 Å². The van der Waals surface area contributed by atoms with E-state index in [0.717, 1.165) is 5.56 Å². The first-order valence-corrected chi connectivity index (χ1v) is 7.50. The zero-order chi connectivity index (χ0) is 17.4. The molecule has 0 aliphatic rings. The summed E-state index contributed by atoms with van der Waals surface area (Å²) in [5.41, 5.74) is 1.62. The third kappa shape index (κ3) is 5.10. The molecule has 1 heterocycles. The molecule has 6 nitrogen and oxygen atoms in total. The van der Waals surface area contributed by atoms with Gasteiger partial charge in [0.25, 0.3) is 11.8 Å². The molecule has 126 valence electrons. The first-order chi connectivity index (χ1) is 11.6. The van der Waals surface area contributed by atoms with Crippen LogP contribution in [0.5, 0.6) is 0 Å². The predicted octanol–water partition coefficient (Wildman–Crippen LogP) is 2.12. The summed E-state index contributed by atoms with van der Waals surface area (Å²) in [4.78, 5) is 24.6. The second kappa shape index (κ2) is 8.69. The summed E-state index contributed by atoms with van der Waals surface area (Å²) >= 11 is 0. The molecule has 0 aliphatic heterocycles. The molecule has 0 aliphatic carbocycles. The second-order valence-electron chi connectivity index (χ2n) is 5.14. The summed E-state index contributed by atoms with van der Waals surface area (Å²) < 4.78 is 10.1. The molecule has 1 aromatic heterocycles. The van der Waals surface area contributed by atoms with Gasteiger partial charge in [0.2, 0.25) is 0 Å². The molecular formula is C18H20N2O4. The van der Waals surface area contributed by atoms with Gasteiger partial charge in [-0.05, 0) is 31.2 Å². The maximum atomic E-state index is 12.3. The topological polar surface area (TPSA) is 80.6 Å². The van der Waals surface area contributed by atoms with Crippen molar-refractivity contribution in [2.24, 2.45) is 0 Å². The molecule has 2 aromatic rings. The van der Waals surface area contributed by atoms with Crippen LogP contribution < -0.4 is 10.6 Å². The SMILES string of the molecule is COCCNC(=O)/C(=C\c1ccco1)NC(=O)c1ccc(C)cc1. The van der Waals surface area contributed by atoms with Crippen LogP contribution >= 0.6 is 0 Å². The number of methoxy groups -OCH3 is 1. The van der Waals surface area contributed by atoms with Gasteiger partial charge in [0.1, 0.15) is 11.5 Å². The fourth-order valence-corrected chi connectivity index (χ4v) is 1.94. The molecular weight excluding hydrogens is 308 g/mol. The molecule has 0 fully saturated rings. The van der Waals surface area contributed by atoms with Crippen molar-refractivity contribution >= 4 is 17.9 Å². The Kier molecular flexibility index (Phi) is 6.33. The van der Waals surface area contributed by atoms with Crippen molar-refractivity contribution in [2.45, 2.75) is 6.92 Å². The molecule has 2 rings (SSSR count). The lowest BCUT2D eigenvalue weighted by Gasteiger charge is -2.10. The summed E-state index contributed by atoms with van der Waals surface area (Å²) in [6.45, 7) is 2.66. The minimum absolute atomic E-state index is 0.103. The Hall–Kier alpha value is -2.86. The molecule has 0 radical (unpaired) electrons. The van der Waals surface area contributed by atoms with E-state index in [9.17, 15) is 9.59 Å². The molecule has 0 bridgehead atoms. The number of rotatable bonds is 7. The Morgan fingerprint density at radius 3 is 2.58 bits per heavy atom. The van der Waals surface area contributed by atoms with E-state index in [4.69, 9.17) is 9.15 Å². The molecule has 2 amide bonds. The van der Waals surface area contributed by atoms with Crippen LogP contribution in [0.2, 0.25) is 0 Å². The molecule has 2 N–H and O–H groups in total. The number of aryl methyl sites for hydroxylation is 1. The number of carbonyl (C=O) groups is 2. The van der Waals surface area contributed by atoms with Crippen LogP contribution in [0.3, 0.4) is 0 Å². The Labute approximate surface area is 140 Å². The van der Waals surface area contributed by atoms with Crippen molar-refractivity contribution in [2.75, 3.05) is 20.3 Å². The third-order valence-electron chi connectivity index (χ3n) is 3.23. The Balaban J connectivity index is 2.14. The summed E-state index contributed by atoms with van der Waals surface area (Å²) in [6.07, 6.45) is 2.97. The second-order valence-corrected chi connectivity index (χ2v) is 5.14. The van der Waals surface area contributed by atoms with Crippen molar-refractivity contribution in [3.63, 3.8) is 0 Å². The van der Waals surface area contributed by atoms with E-state index in [-0.39, 0.29) is 11.6 Å². The number of hydrogen-bond donors (Lipinski definition) is 2. The number of nitrogens with one attached hydrogen (secondary N) is 2. The van der Waals surface area contributed by atoms with Crippen LogP contribution in [0.25, 0.3) is 6.08 Å².